The van der Waals surface area contributed by atoms with E-state index >= 15 is 0 Å². The maximum absolute atomic E-state index is 5.69. The molecule has 0 aromatic carbocycles. The van der Waals surface area contributed by atoms with Crippen molar-refractivity contribution in [1.29, 1.82) is 0 Å². The first-order valence-corrected chi connectivity index (χ1v) is 6.34. The summed E-state index contributed by atoms with van der Waals surface area (Å²) in [4.78, 5) is 2.51. The second-order valence-corrected chi connectivity index (χ2v) is 5.30. The molecular weight excluding hydrogens is 210 g/mol. The summed E-state index contributed by atoms with van der Waals surface area (Å²) in [6, 6.07) is 0. The summed E-state index contributed by atoms with van der Waals surface area (Å²) in [5.74, 6) is 0.850. The lowest BCUT2D eigenvalue weighted by Gasteiger charge is -2.48. The van der Waals surface area contributed by atoms with Crippen LogP contribution in [0.5, 0.6) is 0 Å². The second-order valence-electron chi connectivity index (χ2n) is 5.30. The van der Waals surface area contributed by atoms with Crippen molar-refractivity contribution >= 4 is 0 Å². The number of hydrogen-bond donors (Lipinski definition) is 0. The van der Waals surface area contributed by atoms with Crippen LogP contribution < -0.4 is 0 Å². The van der Waals surface area contributed by atoms with Crippen LogP contribution in [0.25, 0.3) is 0 Å². The molecule has 1 saturated heterocycles. The van der Waals surface area contributed by atoms with E-state index in [0.717, 1.165) is 30.9 Å². The zero-order valence-electron chi connectivity index (χ0n) is 11.5. The molecule has 0 N–H and O–H groups in total. The van der Waals surface area contributed by atoms with E-state index in [2.05, 4.69) is 31.9 Å². The van der Waals surface area contributed by atoms with Crippen LogP contribution in [0.1, 0.15) is 33.6 Å². The summed E-state index contributed by atoms with van der Waals surface area (Å²) < 4.78 is 5.69. The number of hydrogen-bond acceptors (Lipinski definition) is 2. The minimum absolute atomic E-state index is 0.397. The van der Waals surface area contributed by atoms with Crippen molar-refractivity contribution in [2.75, 3.05) is 19.7 Å². The Labute approximate surface area is 106 Å². The first-order chi connectivity index (χ1) is 7.97. The van der Waals surface area contributed by atoms with Gasteiger partial charge in [0.15, 0.2) is 0 Å². The Bertz CT molecular complexity index is 315. The summed E-state index contributed by atoms with van der Waals surface area (Å²) >= 11 is 0. The summed E-state index contributed by atoms with van der Waals surface area (Å²) in [6.07, 6.45) is 5.98. The lowest BCUT2D eigenvalue weighted by atomic mass is 9.89. The molecule has 0 amide bonds. The van der Waals surface area contributed by atoms with Gasteiger partial charge in [-0.1, -0.05) is 19.2 Å². The molecule has 0 aliphatic carbocycles. The number of likely N-dealkylation sites (tertiary alicyclic amines) is 1. The van der Waals surface area contributed by atoms with Gasteiger partial charge in [-0.15, -0.1) is 0 Å². The van der Waals surface area contributed by atoms with Gasteiger partial charge in [0.1, 0.15) is 5.76 Å². The summed E-state index contributed by atoms with van der Waals surface area (Å²) in [5, 5.41) is 0. The largest absolute Gasteiger partial charge is 0.493 e. The highest BCUT2D eigenvalue weighted by molar-refractivity contribution is 5.23. The zero-order chi connectivity index (χ0) is 12.9. The molecule has 2 nitrogen and oxygen atoms in total. The monoisotopic (exact) mass is 235 g/mol. The highest BCUT2D eigenvalue weighted by atomic mass is 16.5. The van der Waals surface area contributed by atoms with Gasteiger partial charge >= 0.3 is 0 Å². The van der Waals surface area contributed by atoms with Crippen molar-refractivity contribution in [3.8, 4) is 0 Å². The molecule has 0 radical (unpaired) electrons. The highest BCUT2D eigenvalue weighted by Gasteiger charge is 2.34. The van der Waals surface area contributed by atoms with Gasteiger partial charge < -0.3 is 4.74 Å². The first kappa shape index (κ1) is 14.0. The third kappa shape index (κ3) is 4.04. The Kier molecular flexibility index (Phi) is 5.01. The zero-order valence-corrected chi connectivity index (χ0v) is 11.5. The van der Waals surface area contributed by atoms with Crippen molar-refractivity contribution in [3.63, 3.8) is 0 Å². The van der Waals surface area contributed by atoms with Crippen molar-refractivity contribution in [2.45, 2.75) is 39.2 Å². The van der Waals surface area contributed by atoms with Gasteiger partial charge in [-0.05, 0) is 45.3 Å². The van der Waals surface area contributed by atoms with E-state index in [9.17, 15) is 0 Å². The Morgan fingerprint density at radius 2 is 2.18 bits per heavy atom. The third-order valence-electron chi connectivity index (χ3n) is 3.37. The van der Waals surface area contributed by atoms with Crippen LogP contribution >= 0.6 is 0 Å². The average Bonchev–Trinajstić information content (AvgIpc) is 2.25. The van der Waals surface area contributed by atoms with Gasteiger partial charge in [-0.2, -0.15) is 0 Å². The van der Waals surface area contributed by atoms with E-state index in [1.807, 2.05) is 13.0 Å². The lowest BCUT2D eigenvalue weighted by Crippen LogP contribution is -2.55. The quantitative estimate of drug-likeness (QED) is 0.380. The van der Waals surface area contributed by atoms with Crippen molar-refractivity contribution in [2.24, 2.45) is 0 Å². The fraction of sp³-hybridized carbons (Fsp3) is 0.600. The van der Waals surface area contributed by atoms with Crippen molar-refractivity contribution < 1.29 is 4.74 Å². The lowest BCUT2D eigenvalue weighted by molar-refractivity contribution is 0.0102. The van der Waals surface area contributed by atoms with E-state index in [0.29, 0.717) is 5.54 Å². The Hall–Kier alpha value is -1.02. The van der Waals surface area contributed by atoms with E-state index in [-0.39, 0.29) is 0 Å². The van der Waals surface area contributed by atoms with Gasteiger partial charge in [0.05, 0.1) is 6.61 Å². The molecule has 0 saturated carbocycles. The molecule has 0 unspecified atom stereocenters. The predicted octanol–water partition coefficient (Wildman–Crippen LogP) is 3.52. The minimum Gasteiger partial charge on any atom is -0.493 e. The standard InChI is InChI=1S/C15H25NO/c1-6-8-14(13(2)3)17-12-7-10-16-11-9-15(16,4)5/h6,8H,1-2,7,9-12H2,3-5H3/b14-8+. The van der Waals surface area contributed by atoms with Gasteiger partial charge in [0, 0.05) is 18.6 Å². The number of nitrogens with zero attached hydrogens (tertiary/aromatic N) is 1. The van der Waals surface area contributed by atoms with Gasteiger partial charge in [0.25, 0.3) is 0 Å². The summed E-state index contributed by atoms with van der Waals surface area (Å²) in [6.45, 7) is 17.2. The number of allylic oxidation sites excluding steroid dienone is 3. The minimum atomic E-state index is 0.397. The molecule has 1 fully saturated rings. The van der Waals surface area contributed by atoms with Crippen molar-refractivity contribution in [1.82, 2.24) is 4.90 Å². The third-order valence-corrected chi connectivity index (χ3v) is 3.37. The predicted molar refractivity (Wildman–Crippen MR) is 73.9 cm³/mol. The molecule has 0 aromatic rings. The van der Waals surface area contributed by atoms with E-state index in [4.69, 9.17) is 4.74 Å². The molecule has 1 heterocycles. The molecule has 0 atom stereocenters. The van der Waals surface area contributed by atoms with Crippen LogP contribution in [0.4, 0.5) is 0 Å². The molecule has 17 heavy (non-hydrogen) atoms. The smallest absolute Gasteiger partial charge is 0.121 e. The Morgan fingerprint density at radius 3 is 2.59 bits per heavy atom. The topological polar surface area (TPSA) is 12.5 Å². The molecule has 2 heteroatoms. The maximum Gasteiger partial charge on any atom is 0.121 e. The fourth-order valence-electron chi connectivity index (χ4n) is 1.99. The molecule has 0 spiro atoms. The Balaban J connectivity index is 2.21. The molecular formula is C15H25NO. The summed E-state index contributed by atoms with van der Waals surface area (Å²) in [5.41, 5.74) is 1.35. The second kappa shape index (κ2) is 6.06. The van der Waals surface area contributed by atoms with Gasteiger partial charge in [-0.25, -0.2) is 0 Å². The van der Waals surface area contributed by atoms with E-state index < -0.39 is 0 Å². The normalized spacial score (nSPS) is 19.6. The molecule has 1 aliphatic rings. The van der Waals surface area contributed by atoms with Gasteiger partial charge in [-0.3, -0.25) is 4.90 Å². The van der Waals surface area contributed by atoms with Crippen molar-refractivity contribution in [3.05, 3.63) is 36.6 Å². The first-order valence-electron chi connectivity index (χ1n) is 6.34. The maximum atomic E-state index is 5.69. The molecule has 0 bridgehead atoms. The fourth-order valence-corrected chi connectivity index (χ4v) is 1.99. The SMILES string of the molecule is C=C/C=C(/OCCCN1CCC1(C)C)C(=C)C. The molecule has 1 aliphatic heterocycles. The molecule has 1 rings (SSSR count). The van der Waals surface area contributed by atoms with Gasteiger partial charge in [0.2, 0.25) is 0 Å². The average molecular weight is 235 g/mol. The summed E-state index contributed by atoms with van der Waals surface area (Å²) in [7, 11) is 0. The number of rotatable bonds is 7. The van der Waals surface area contributed by atoms with Crippen LogP contribution in [-0.2, 0) is 4.74 Å². The highest BCUT2D eigenvalue weighted by Crippen LogP contribution is 2.29. The van der Waals surface area contributed by atoms with E-state index in [1.165, 1.54) is 13.0 Å². The van der Waals surface area contributed by atoms with E-state index in [1.54, 1.807) is 6.08 Å². The number of ether oxygens (including phenoxy) is 1. The van der Waals surface area contributed by atoms with Crippen LogP contribution in [0.3, 0.4) is 0 Å². The van der Waals surface area contributed by atoms with Crippen LogP contribution in [-0.4, -0.2) is 30.1 Å². The molecule has 0 aromatic heterocycles. The Morgan fingerprint density at radius 1 is 1.47 bits per heavy atom. The van der Waals surface area contributed by atoms with Crippen LogP contribution in [0.2, 0.25) is 0 Å². The van der Waals surface area contributed by atoms with Crippen LogP contribution in [0.15, 0.2) is 36.6 Å². The molecule has 96 valence electrons. The van der Waals surface area contributed by atoms with Crippen LogP contribution in [0, 0.1) is 0 Å².